The summed E-state index contributed by atoms with van der Waals surface area (Å²) in [5, 5.41) is 2.71. The van der Waals surface area contributed by atoms with Crippen LogP contribution in [0.4, 0.5) is 18.9 Å². The zero-order valence-corrected chi connectivity index (χ0v) is 14.1. The van der Waals surface area contributed by atoms with Gasteiger partial charge in [-0.3, -0.25) is 9.59 Å². The molecule has 0 aliphatic rings. The van der Waals surface area contributed by atoms with Crippen molar-refractivity contribution in [3.63, 3.8) is 0 Å². The Kier molecular flexibility index (Phi) is 5.35. The number of alkyl halides is 3. The lowest BCUT2D eigenvalue weighted by Crippen LogP contribution is -2.28. The van der Waals surface area contributed by atoms with Gasteiger partial charge in [-0.2, -0.15) is 13.2 Å². The van der Waals surface area contributed by atoms with Gasteiger partial charge in [-0.15, -0.1) is 0 Å². The molecule has 0 aliphatic carbocycles. The molecule has 0 spiro atoms. The molecule has 0 unspecified atom stereocenters. The lowest BCUT2D eigenvalue weighted by atomic mass is 9.98. The molecule has 4 nitrogen and oxygen atoms in total. The second-order valence-electron chi connectivity index (χ2n) is 6.12. The van der Waals surface area contributed by atoms with Crippen LogP contribution in [0.3, 0.4) is 0 Å². The van der Waals surface area contributed by atoms with E-state index in [1.165, 1.54) is 0 Å². The van der Waals surface area contributed by atoms with E-state index in [9.17, 15) is 22.8 Å². The van der Waals surface area contributed by atoms with Gasteiger partial charge in [0.05, 0.1) is 5.56 Å². The first-order valence-corrected chi connectivity index (χ1v) is 7.76. The molecule has 134 valence electrons. The minimum atomic E-state index is -4.58. The normalized spacial score (nSPS) is 11.6. The summed E-state index contributed by atoms with van der Waals surface area (Å²) in [5.41, 5.74) is 0.749. The fourth-order valence-corrected chi connectivity index (χ4v) is 2.50. The molecule has 7 heteroatoms. The van der Waals surface area contributed by atoms with Gasteiger partial charge >= 0.3 is 6.18 Å². The molecule has 1 N–H and O–H groups in total. The summed E-state index contributed by atoms with van der Waals surface area (Å²) in [6.07, 6.45) is -3.92. The first kappa shape index (κ1) is 18.8. The van der Waals surface area contributed by atoms with Crippen LogP contribution in [0, 0.1) is 6.92 Å². The Balaban J connectivity index is 2.26. The number of amides is 1. The zero-order valence-electron chi connectivity index (χ0n) is 14.1. The molecular weight excluding hydrogens is 333 g/mol. The van der Waals surface area contributed by atoms with Crippen LogP contribution in [0.2, 0.25) is 0 Å². The third-order valence-corrected chi connectivity index (χ3v) is 3.82. The first-order chi connectivity index (χ1) is 11.6. The third-order valence-electron chi connectivity index (χ3n) is 3.82. The van der Waals surface area contributed by atoms with E-state index in [-0.39, 0.29) is 5.92 Å². The number of carbonyl (C=O) groups is 1. The topological polar surface area (TPSA) is 51.1 Å². The van der Waals surface area contributed by atoms with Crippen molar-refractivity contribution in [1.29, 1.82) is 0 Å². The minimum Gasteiger partial charge on any atom is -0.324 e. The molecule has 1 amide bonds. The second-order valence-corrected chi connectivity index (χ2v) is 6.12. The number of hydrogen-bond donors (Lipinski definition) is 1. The molecular formula is C18H19F3N2O2. The summed E-state index contributed by atoms with van der Waals surface area (Å²) in [6, 6.07) is 7.09. The van der Waals surface area contributed by atoms with Crippen molar-refractivity contribution in [2.45, 2.75) is 39.4 Å². The third kappa shape index (κ3) is 4.49. The molecule has 0 saturated carbocycles. The molecule has 25 heavy (non-hydrogen) atoms. The Bertz CT molecular complexity index is 839. The average molecular weight is 352 g/mol. The molecule has 1 aromatic carbocycles. The van der Waals surface area contributed by atoms with Gasteiger partial charge in [0.1, 0.15) is 6.54 Å². The number of rotatable bonds is 4. The van der Waals surface area contributed by atoms with E-state index in [1.807, 2.05) is 39.0 Å². The van der Waals surface area contributed by atoms with Crippen LogP contribution in [0.15, 0.2) is 41.3 Å². The maximum absolute atomic E-state index is 12.8. The summed E-state index contributed by atoms with van der Waals surface area (Å²) in [7, 11) is 0. The first-order valence-electron chi connectivity index (χ1n) is 7.76. The van der Waals surface area contributed by atoms with Crippen molar-refractivity contribution in [3.05, 3.63) is 63.6 Å². The minimum absolute atomic E-state index is 0.159. The standard InChI is InChI=1S/C18H19F3N2O2/c1-11(2)14-6-4-5-12(3)17(14)22-15(24)10-23-9-13(18(19,20)21)7-8-16(23)25/h4-9,11H,10H2,1-3H3,(H,22,24). The number of hydrogen-bond acceptors (Lipinski definition) is 2. The van der Waals surface area contributed by atoms with Gasteiger partial charge in [0.25, 0.3) is 5.56 Å². The smallest absolute Gasteiger partial charge is 0.324 e. The number of benzene rings is 1. The highest BCUT2D eigenvalue weighted by molar-refractivity contribution is 5.92. The molecule has 1 heterocycles. The number of para-hydroxylation sites is 1. The molecule has 0 atom stereocenters. The van der Waals surface area contributed by atoms with Gasteiger partial charge in [-0.1, -0.05) is 32.0 Å². The summed E-state index contributed by atoms with van der Waals surface area (Å²) >= 11 is 0. The van der Waals surface area contributed by atoms with Crippen molar-refractivity contribution < 1.29 is 18.0 Å². The van der Waals surface area contributed by atoms with Crippen LogP contribution >= 0.6 is 0 Å². The van der Waals surface area contributed by atoms with Crippen molar-refractivity contribution in [1.82, 2.24) is 4.57 Å². The Morgan fingerprint density at radius 3 is 2.48 bits per heavy atom. The van der Waals surface area contributed by atoms with Gasteiger partial charge in [0.15, 0.2) is 0 Å². The molecule has 2 rings (SSSR count). The van der Waals surface area contributed by atoms with Gasteiger partial charge in [-0.25, -0.2) is 0 Å². The van der Waals surface area contributed by atoms with Crippen molar-refractivity contribution in [2.75, 3.05) is 5.32 Å². The highest BCUT2D eigenvalue weighted by atomic mass is 19.4. The van der Waals surface area contributed by atoms with Crippen LogP contribution in [0.25, 0.3) is 0 Å². The molecule has 2 aromatic rings. The van der Waals surface area contributed by atoms with Crippen molar-refractivity contribution in [3.8, 4) is 0 Å². The number of anilines is 1. The Morgan fingerprint density at radius 2 is 1.88 bits per heavy atom. The van der Waals surface area contributed by atoms with E-state index in [2.05, 4.69) is 5.32 Å². The van der Waals surface area contributed by atoms with Gasteiger partial charge in [0.2, 0.25) is 5.91 Å². The Hall–Kier alpha value is -2.57. The highest BCUT2D eigenvalue weighted by Gasteiger charge is 2.31. The van der Waals surface area contributed by atoms with Gasteiger partial charge in [0, 0.05) is 18.0 Å². The summed E-state index contributed by atoms with van der Waals surface area (Å²) in [4.78, 5) is 24.0. The predicted molar refractivity (Wildman–Crippen MR) is 89.6 cm³/mol. The molecule has 0 aliphatic heterocycles. The van der Waals surface area contributed by atoms with Gasteiger partial charge < -0.3 is 9.88 Å². The number of carbonyl (C=O) groups excluding carboxylic acids is 1. The monoisotopic (exact) mass is 352 g/mol. The molecule has 0 radical (unpaired) electrons. The fourth-order valence-electron chi connectivity index (χ4n) is 2.50. The quantitative estimate of drug-likeness (QED) is 0.906. The van der Waals surface area contributed by atoms with E-state index < -0.39 is 29.8 Å². The number of halogens is 3. The molecule has 0 saturated heterocycles. The lowest BCUT2D eigenvalue weighted by Gasteiger charge is -2.17. The van der Waals surface area contributed by atoms with E-state index >= 15 is 0 Å². The van der Waals surface area contributed by atoms with Crippen LogP contribution < -0.4 is 10.9 Å². The fraction of sp³-hybridized carbons (Fsp3) is 0.333. The van der Waals surface area contributed by atoms with Crippen LogP contribution in [-0.4, -0.2) is 10.5 Å². The van der Waals surface area contributed by atoms with E-state index in [0.717, 1.165) is 21.8 Å². The van der Waals surface area contributed by atoms with E-state index in [0.29, 0.717) is 18.0 Å². The summed E-state index contributed by atoms with van der Waals surface area (Å²) < 4.78 is 39.0. The average Bonchev–Trinajstić information content (AvgIpc) is 2.50. The number of aromatic nitrogens is 1. The highest BCUT2D eigenvalue weighted by Crippen LogP contribution is 2.29. The maximum atomic E-state index is 12.8. The molecule has 0 bridgehead atoms. The van der Waals surface area contributed by atoms with E-state index in [4.69, 9.17) is 0 Å². The zero-order chi connectivity index (χ0) is 18.8. The van der Waals surface area contributed by atoms with Crippen LogP contribution in [0.5, 0.6) is 0 Å². The number of nitrogens with one attached hydrogen (secondary N) is 1. The number of pyridine rings is 1. The molecule has 0 fully saturated rings. The van der Waals surface area contributed by atoms with E-state index in [1.54, 1.807) is 0 Å². The largest absolute Gasteiger partial charge is 0.417 e. The number of nitrogens with zero attached hydrogens (tertiary/aromatic N) is 1. The number of aryl methyl sites for hydroxylation is 1. The second kappa shape index (κ2) is 7.13. The Morgan fingerprint density at radius 1 is 1.20 bits per heavy atom. The van der Waals surface area contributed by atoms with Crippen molar-refractivity contribution >= 4 is 11.6 Å². The van der Waals surface area contributed by atoms with Crippen molar-refractivity contribution in [2.24, 2.45) is 0 Å². The van der Waals surface area contributed by atoms with Gasteiger partial charge in [-0.05, 0) is 30.0 Å². The SMILES string of the molecule is Cc1cccc(C(C)C)c1NC(=O)Cn1cc(C(F)(F)F)ccc1=O. The summed E-state index contributed by atoms with van der Waals surface area (Å²) in [5.74, 6) is -0.399. The Labute approximate surface area is 143 Å². The maximum Gasteiger partial charge on any atom is 0.417 e. The van der Waals surface area contributed by atoms with Crippen LogP contribution in [0.1, 0.15) is 36.5 Å². The predicted octanol–water partition coefficient (Wildman–Crippen LogP) is 3.94. The molecule has 1 aromatic heterocycles. The van der Waals surface area contributed by atoms with Crippen LogP contribution in [-0.2, 0) is 17.5 Å². The lowest BCUT2D eigenvalue weighted by molar-refractivity contribution is -0.138. The summed E-state index contributed by atoms with van der Waals surface area (Å²) in [6.45, 7) is 5.29.